The molecule has 0 aromatic carbocycles. The molecule has 0 aliphatic heterocycles. The van der Waals surface area contributed by atoms with Crippen molar-refractivity contribution in [3.63, 3.8) is 0 Å². The summed E-state index contributed by atoms with van der Waals surface area (Å²) in [5.41, 5.74) is -0.252. The first-order valence-electron chi connectivity index (χ1n) is 4.91. The summed E-state index contributed by atoms with van der Waals surface area (Å²) in [6.45, 7) is 2.76. The van der Waals surface area contributed by atoms with Crippen molar-refractivity contribution in [3.8, 4) is 0 Å². The van der Waals surface area contributed by atoms with Gasteiger partial charge >= 0.3 is 5.69 Å². The maximum absolute atomic E-state index is 11.3. The minimum absolute atomic E-state index is 0.252. The molecule has 0 saturated heterocycles. The van der Waals surface area contributed by atoms with Crippen molar-refractivity contribution >= 4 is 23.2 Å². The van der Waals surface area contributed by atoms with E-state index >= 15 is 0 Å². The van der Waals surface area contributed by atoms with Crippen LogP contribution in [0.4, 0.5) is 0 Å². The van der Waals surface area contributed by atoms with Gasteiger partial charge in [-0.15, -0.1) is 11.6 Å². The number of hydrogen-bond acceptors (Lipinski definition) is 2. The molecular weight excluding hydrogens is 235 g/mol. The smallest absolute Gasteiger partial charge is 0.298 e. The van der Waals surface area contributed by atoms with Crippen LogP contribution in [0.1, 0.15) is 19.8 Å². The molecule has 1 heterocycles. The Kier molecular flexibility index (Phi) is 5.12. The summed E-state index contributed by atoms with van der Waals surface area (Å²) >= 11 is 11.4. The minimum atomic E-state index is -0.252. The minimum Gasteiger partial charge on any atom is -0.298 e. The molecule has 15 heavy (non-hydrogen) atoms. The Morgan fingerprint density at radius 1 is 1.53 bits per heavy atom. The summed E-state index contributed by atoms with van der Waals surface area (Å²) in [6, 6.07) is 0. The van der Waals surface area contributed by atoms with Crippen molar-refractivity contribution in [1.82, 2.24) is 9.55 Å². The summed E-state index contributed by atoms with van der Waals surface area (Å²) in [5.74, 6) is 1.16. The van der Waals surface area contributed by atoms with Gasteiger partial charge in [0.2, 0.25) is 0 Å². The van der Waals surface area contributed by atoms with Gasteiger partial charge < -0.3 is 0 Å². The molecule has 0 bridgehead atoms. The summed E-state index contributed by atoms with van der Waals surface area (Å²) in [5, 5.41) is 0.486. The lowest BCUT2D eigenvalue weighted by molar-refractivity contribution is 0.461. The Morgan fingerprint density at radius 2 is 2.27 bits per heavy atom. The van der Waals surface area contributed by atoms with Gasteiger partial charge in [0.1, 0.15) is 0 Å². The lowest BCUT2D eigenvalue weighted by atomic mass is 10.1. The van der Waals surface area contributed by atoms with Gasteiger partial charge in [-0.05, 0) is 18.8 Å². The van der Waals surface area contributed by atoms with Gasteiger partial charge in [0.05, 0.1) is 11.2 Å². The van der Waals surface area contributed by atoms with E-state index in [-0.39, 0.29) is 5.69 Å². The highest BCUT2D eigenvalue weighted by Crippen LogP contribution is 2.10. The standard InChI is InChI=1S/C10H14Cl2N2O/c1-8(2-4-11)3-5-14-7-9(12)6-13-10(14)15/h6-8H,2-5H2,1H3. The SMILES string of the molecule is CC(CCCl)CCn1cc(Cl)cnc1=O. The Bertz CT molecular complexity index is 365. The van der Waals surface area contributed by atoms with Crippen LogP contribution in [-0.2, 0) is 6.54 Å². The van der Waals surface area contributed by atoms with Crippen LogP contribution in [0.25, 0.3) is 0 Å². The number of nitrogens with zero attached hydrogens (tertiary/aromatic N) is 2. The maximum atomic E-state index is 11.3. The lowest BCUT2D eigenvalue weighted by Gasteiger charge is -2.10. The molecule has 1 aromatic rings. The van der Waals surface area contributed by atoms with Gasteiger partial charge in [0.15, 0.2) is 0 Å². The monoisotopic (exact) mass is 248 g/mol. The van der Waals surface area contributed by atoms with Crippen LogP contribution >= 0.6 is 23.2 Å². The Labute approximate surface area is 99.0 Å². The van der Waals surface area contributed by atoms with Crippen LogP contribution in [0.15, 0.2) is 17.2 Å². The van der Waals surface area contributed by atoms with Crippen LogP contribution in [0.2, 0.25) is 5.02 Å². The average Bonchev–Trinajstić information content (AvgIpc) is 2.20. The molecule has 1 atom stereocenters. The fourth-order valence-corrected chi connectivity index (χ4v) is 1.82. The van der Waals surface area contributed by atoms with Crippen molar-refractivity contribution in [2.45, 2.75) is 26.3 Å². The van der Waals surface area contributed by atoms with Crippen molar-refractivity contribution < 1.29 is 0 Å². The fraction of sp³-hybridized carbons (Fsp3) is 0.600. The third kappa shape index (κ3) is 4.22. The highest BCUT2D eigenvalue weighted by atomic mass is 35.5. The second-order valence-electron chi connectivity index (χ2n) is 3.62. The molecule has 1 rings (SSSR count). The van der Waals surface area contributed by atoms with Gasteiger partial charge in [0, 0.05) is 18.6 Å². The zero-order chi connectivity index (χ0) is 11.3. The lowest BCUT2D eigenvalue weighted by Crippen LogP contribution is -2.22. The predicted octanol–water partition coefficient (Wildman–Crippen LogP) is 2.55. The Balaban J connectivity index is 2.57. The molecule has 1 aromatic heterocycles. The summed E-state index contributed by atoms with van der Waals surface area (Å²) in [4.78, 5) is 15.0. The molecule has 0 aliphatic rings. The van der Waals surface area contributed by atoms with E-state index in [1.165, 1.54) is 10.8 Å². The number of hydrogen-bond donors (Lipinski definition) is 0. The molecule has 0 radical (unpaired) electrons. The fourth-order valence-electron chi connectivity index (χ4n) is 1.28. The van der Waals surface area contributed by atoms with E-state index in [2.05, 4.69) is 11.9 Å². The van der Waals surface area contributed by atoms with E-state index in [9.17, 15) is 4.79 Å². The molecule has 0 aliphatic carbocycles. The third-order valence-electron chi connectivity index (χ3n) is 2.29. The Morgan fingerprint density at radius 3 is 2.93 bits per heavy atom. The van der Waals surface area contributed by atoms with Gasteiger partial charge in [0.25, 0.3) is 0 Å². The highest BCUT2D eigenvalue weighted by Gasteiger charge is 2.03. The van der Waals surface area contributed by atoms with E-state index in [0.29, 0.717) is 23.4 Å². The highest BCUT2D eigenvalue weighted by molar-refractivity contribution is 6.30. The predicted molar refractivity (Wildman–Crippen MR) is 62.6 cm³/mol. The van der Waals surface area contributed by atoms with Gasteiger partial charge in [-0.3, -0.25) is 4.57 Å². The summed E-state index contributed by atoms with van der Waals surface area (Å²) < 4.78 is 1.53. The van der Waals surface area contributed by atoms with Crippen LogP contribution in [0, 0.1) is 5.92 Å². The van der Waals surface area contributed by atoms with E-state index in [4.69, 9.17) is 23.2 Å². The molecule has 0 N–H and O–H groups in total. The summed E-state index contributed by atoms with van der Waals surface area (Å²) in [7, 11) is 0. The van der Waals surface area contributed by atoms with Crippen molar-refractivity contribution in [2.24, 2.45) is 5.92 Å². The number of aryl methyl sites for hydroxylation is 1. The summed E-state index contributed by atoms with van der Waals surface area (Å²) in [6.07, 6.45) is 4.85. The normalized spacial score (nSPS) is 12.7. The molecule has 0 saturated carbocycles. The van der Waals surface area contributed by atoms with Crippen LogP contribution < -0.4 is 5.69 Å². The number of alkyl halides is 1. The maximum Gasteiger partial charge on any atom is 0.347 e. The van der Waals surface area contributed by atoms with Crippen LogP contribution in [-0.4, -0.2) is 15.4 Å². The van der Waals surface area contributed by atoms with Crippen LogP contribution in [0.5, 0.6) is 0 Å². The molecular formula is C10H14Cl2N2O. The topological polar surface area (TPSA) is 34.9 Å². The second-order valence-corrected chi connectivity index (χ2v) is 4.43. The van der Waals surface area contributed by atoms with E-state index < -0.39 is 0 Å². The molecule has 84 valence electrons. The van der Waals surface area contributed by atoms with Gasteiger partial charge in [-0.2, -0.15) is 0 Å². The zero-order valence-electron chi connectivity index (χ0n) is 8.62. The van der Waals surface area contributed by atoms with Crippen LogP contribution in [0.3, 0.4) is 0 Å². The zero-order valence-corrected chi connectivity index (χ0v) is 10.1. The number of aromatic nitrogens is 2. The molecule has 0 spiro atoms. The van der Waals surface area contributed by atoms with E-state index in [1.54, 1.807) is 6.20 Å². The first-order valence-corrected chi connectivity index (χ1v) is 5.82. The van der Waals surface area contributed by atoms with Crippen molar-refractivity contribution in [1.29, 1.82) is 0 Å². The Hall–Kier alpha value is -0.540. The first kappa shape index (κ1) is 12.5. The quantitative estimate of drug-likeness (QED) is 0.751. The first-order chi connectivity index (χ1) is 7.13. The number of rotatable bonds is 5. The number of halogens is 2. The average molecular weight is 249 g/mol. The molecule has 5 heteroatoms. The molecule has 1 unspecified atom stereocenters. The second kappa shape index (κ2) is 6.13. The van der Waals surface area contributed by atoms with Gasteiger partial charge in [-0.25, -0.2) is 9.78 Å². The van der Waals surface area contributed by atoms with E-state index in [0.717, 1.165) is 12.8 Å². The molecule has 0 fully saturated rings. The van der Waals surface area contributed by atoms with Crippen molar-refractivity contribution in [3.05, 3.63) is 27.9 Å². The molecule has 0 amide bonds. The largest absolute Gasteiger partial charge is 0.347 e. The third-order valence-corrected chi connectivity index (χ3v) is 2.70. The van der Waals surface area contributed by atoms with Gasteiger partial charge in [-0.1, -0.05) is 18.5 Å². The van der Waals surface area contributed by atoms with Crippen molar-refractivity contribution in [2.75, 3.05) is 5.88 Å². The molecule has 3 nitrogen and oxygen atoms in total. The van der Waals surface area contributed by atoms with E-state index in [1.807, 2.05) is 0 Å².